The molecule has 0 saturated heterocycles. The Morgan fingerprint density at radius 1 is 1.19 bits per heavy atom. The fraction of sp³-hybridized carbons (Fsp3) is 0.238. The number of hydrogen-bond donors (Lipinski definition) is 0. The van der Waals surface area contributed by atoms with Crippen LogP contribution in [0.2, 0.25) is 0 Å². The number of hydrogen-bond acceptors (Lipinski definition) is 5. The van der Waals surface area contributed by atoms with Crippen LogP contribution in [0, 0.1) is 6.92 Å². The van der Waals surface area contributed by atoms with Crippen LogP contribution in [0.4, 0.5) is 11.4 Å². The molecule has 138 valence electrons. The van der Waals surface area contributed by atoms with Crippen molar-refractivity contribution in [3.63, 3.8) is 0 Å². The highest BCUT2D eigenvalue weighted by atomic mass is 16.5. The van der Waals surface area contributed by atoms with Crippen molar-refractivity contribution < 1.29 is 13.9 Å². The number of aryl methyl sites for hydroxylation is 1. The number of aromatic nitrogens is 1. The van der Waals surface area contributed by atoms with E-state index in [1.807, 2.05) is 68.4 Å². The standard InChI is InChI=1S/C21H21N3O3/c1-14-16(7-8-17(22-14)19-5-4-11-26-19)21(25)24-10-12-27-20-13-15(23(2)3)6-9-18(20)24/h4-9,11,13H,10,12H2,1-3H3. The van der Waals surface area contributed by atoms with Crippen LogP contribution in [0.25, 0.3) is 11.5 Å². The summed E-state index contributed by atoms with van der Waals surface area (Å²) >= 11 is 0. The Bertz CT molecular complexity index is 980. The molecule has 0 unspecified atom stereocenters. The normalized spacial score (nSPS) is 13.1. The van der Waals surface area contributed by atoms with Crippen LogP contribution in [0.5, 0.6) is 5.75 Å². The van der Waals surface area contributed by atoms with Crippen LogP contribution in [0.15, 0.2) is 53.1 Å². The summed E-state index contributed by atoms with van der Waals surface area (Å²) < 4.78 is 11.2. The second-order valence-corrected chi connectivity index (χ2v) is 6.66. The van der Waals surface area contributed by atoms with Crippen molar-refractivity contribution in [2.75, 3.05) is 37.0 Å². The van der Waals surface area contributed by atoms with Crippen molar-refractivity contribution in [1.82, 2.24) is 4.98 Å². The lowest BCUT2D eigenvalue weighted by Crippen LogP contribution is -2.38. The van der Waals surface area contributed by atoms with E-state index in [0.717, 1.165) is 17.1 Å². The summed E-state index contributed by atoms with van der Waals surface area (Å²) in [5.74, 6) is 1.33. The Kier molecular flexibility index (Phi) is 4.32. The van der Waals surface area contributed by atoms with Gasteiger partial charge in [-0.3, -0.25) is 4.79 Å². The van der Waals surface area contributed by atoms with E-state index in [1.54, 1.807) is 11.2 Å². The van der Waals surface area contributed by atoms with Gasteiger partial charge in [0.2, 0.25) is 0 Å². The Balaban J connectivity index is 1.66. The number of anilines is 2. The number of rotatable bonds is 3. The summed E-state index contributed by atoms with van der Waals surface area (Å²) in [5, 5.41) is 0. The maximum Gasteiger partial charge on any atom is 0.260 e. The molecule has 4 rings (SSSR count). The number of ether oxygens (including phenoxy) is 1. The second kappa shape index (κ2) is 6.79. The topological polar surface area (TPSA) is 58.8 Å². The first-order chi connectivity index (χ1) is 13.0. The summed E-state index contributed by atoms with van der Waals surface area (Å²) in [5.41, 5.74) is 3.78. The van der Waals surface area contributed by atoms with Crippen molar-refractivity contribution >= 4 is 17.3 Å². The van der Waals surface area contributed by atoms with Gasteiger partial charge in [-0.05, 0) is 43.3 Å². The van der Waals surface area contributed by atoms with E-state index in [2.05, 4.69) is 4.98 Å². The van der Waals surface area contributed by atoms with Crippen LogP contribution in [-0.4, -0.2) is 38.1 Å². The number of carbonyl (C=O) groups excluding carboxylic acids is 1. The molecule has 1 aliphatic heterocycles. The molecular weight excluding hydrogens is 342 g/mol. The molecule has 1 amide bonds. The van der Waals surface area contributed by atoms with Gasteiger partial charge in [-0.1, -0.05) is 0 Å². The van der Waals surface area contributed by atoms with Gasteiger partial charge in [0.25, 0.3) is 5.91 Å². The zero-order valence-electron chi connectivity index (χ0n) is 15.6. The van der Waals surface area contributed by atoms with Crippen LogP contribution >= 0.6 is 0 Å². The van der Waals surface area contributed by atoms with Crippen LogP contribution in [0.3, 0.4) is 0 Å². The van der Waals surface area contributed by atoms with E-state index in [4.69, 9.17) is 9.15 Å². The van der Waals surface area contributed by atoms with Gasteiger partial charge in [0, 0.05) is 25.8 Å². The minimum Gasteiger partial charge on any atom is -0.489 e. The van der Waals surface area contributed by atoms with Crippen molar-refractivity contribution in [3.8, 4) is 17.2 Å². The average molecular weight is 363 g/mol. The van der Waals surface area contributed by atoms with E-state index < -0.39 is 0 Å². The van der Waals surface area contributed by atoms with Gasteiger partial charge in [-0.25, -0.2) is 4.98 Å². The number of furan rings is 1. The predicted octanol–water partition coefficient (Wildman–Crippen LogP) is 3.76. The molecule has 0 spiro atoms. The third kappa shape index (κ3) is 3.14. The summed E-state index contributed by atoms with van der Waals surface area (Å²) in [6.07, 6.45) is 1.61. The SMILES string of the molecule is Cc1nc(-c2ccco2)ccc1C(=O)N1CCOc2cc(N(C)C)ccc21. The first kappa shape index (κ1) is 17.1. The van der Waals surface area contributed by atoms with Crippen molar-refractivity contribution in [2.45, 2.75) is 6.92 Å². The highest BCUT2D eigenvalue weighted by Crippen LogP contribution is 2.36. The smallest absolute Gasteiger partial charge is 0.260 e. The Hall–Kier alpha value is -3.28. The summed E-state index contributed by atoms with van der Waals surface area (Å²) in [6.45, 7) is 2.81. The summed E-state index contributed by atoms with van der Waals surface area (Å²) in [4.78, 5) is 21.5. The summed E-state index contributed by atoms with van der Waals surface area (Å²) in [7, 11) is 3.95. The van der Waals surface area contributed by atoms with Gasteiger partial charge in [0.05, 0.1) is 29.8 Å². The zero-order valence-corrected chi connectivity index (χ0v) is 15.6. The number of nitrogens with zero attached hydrogens (tertiary/aromatic N) is 3. The van der Waals surface area contributed by atoms with E-state index >= 15 is 0 Å². The first-order valence-corrected chi connectivity index (χ1v) is 8.82. The molecule has 6 nitrogen and oxygen atoms in total. The van der Waals surface area contributed by atoms with Crippen molar-refractivity contribution in [1.29, 1.82) is 0 Å². The zero-order chi connectivity index (χ0) is 19.0. The van der Waals surface area contributed by atoms with Crippen LogP contribution < -0.4 is 14.5 Å². The first-order valence-electron chi connectivity index (χ1n) is 8.82. The molecule has 3 heterocycles. The van der Waals surface area contributed by atoms with Gasteiger partial charge in [0.15, 0.2) is 5.76 Å². The van der Waals surface area contributed by atoms with Crippen LogP contribution in [-0.2, 0) is 0 Å². The lowest BCUT2D eigenvalue weighted by Gasteiger charge is -2.30. The van der Waals surface area contributed by atoms with Gasteiger partial charge < -0.3 is 19.0 Å². The molecule has 3 aromatic rings. The number of amides is 1. The minimum atomic E-state index is -0.0758. The molecule has 0 atom stereocenters. The molecule has 6 heteroatoms. The molecule has 0 N–H and O–H groups in total. The summed E-state index contributed by atoms with van der Waals surface area (Å²) in [6, 6.07) is 13.2. The molecule has 0 saturated carbocycles. The average Bonchev–Trinajstić information content (AvgIpc) is 3.21. The lowest BCUT2D eigenvalue weighted by atomic mass is 10.1. The quantitative estimate of drug-likeness (QED) is 0.709. The fourth-order valence-electron chi connectivity index (χ4n) is 3.19. The number of carbonyl (C=O) groups is 1. The van der Waals surface area contributed by atoms with Gasteiger partial charge in [0.1, 0.15) is 18.1 Å². The molecule has 1 aromatic carbocycles. The second-order valence-electron chi connectivity index (χ2n) is 6.66. The highest BCUT2D eigenvalue weighted by molar-refractivity contribution is 6.08. The molecular formula is C21H21N3O3. The third-order valence-corrected chi connectivity index (χ3v) is 4.66. The maximum atomic E-state index is 13.2. The lowest BCUT2D eigenvalue weighted by molar-refractivity contribution is 0.0975. The molecule has 0 radical (unpaired) electrons. The van der Waals surface area contributed by atoms with Crippen molar-refractivity contribution in [2.24, 2.45) is 0 Å². The molecule has 0 fully saturated rings. The van der Waals surface area contributed by atoms with Gasteiger partial charge >= 0.3 is 0 Å². The molecule has 1 aliphatic rings. The minimum absolute atomic E-state index is 0.0758. The maximum absolute atomic E-state index is 13.2. The number of benzene rings is 1. The molecule has 0 bridgehead atoms. The highest BCUT2D eigenvalue weighted by Gasteiger charge is 2.26. The van der Waals surface area contributed by atoms with E-state index in [0.29, 0.717) is 35.9 Å². The molecule has 2 aromatic heterocycles. The largest absolute Gasteiger partial charge is 0.489 e. The molecule has 0 aliphatic carbocycles. The van der Waals surface area contributed by atoms with Gasteiger partial charge in [-0.15, -0.1) is 0 Å². The Morgan fingerprint density at radius 2 is 2.04 bits per heavy atom. The van der Waals surface area contributed by atoms with E-state index in [9.17, 15) is 4.79 Å². The fourth-order valence-corrected chi connectivity index (χ4v) is 3.19. The van der Waals surface area contributed by atoms with E-state index in [-0.39, 0.29) is 5.91 Å². The predicted molar refractivity (Wildman–Crippen MR) is 105 cm³/mol. The number of fused-ring (bicyclic) bond motifs is 1. The van der Waals surface area contributed by atoms with Gasteiger partial charge in [-0.2, -0.15) is 0 Å². The number of pyridine rings is 1. The van der Waals surface area contributed by atoms with Crippen LogP contribution in [0.1, 0.15) is 16.1 Å². The van der Waals surface area contributed by atoms with Crippen molar-refractivity contribution in [3.05, 3.63) is 60.0 Å². The molecule has 27 heavy (non-hydrogen) atoms. The Morgan fingerprint density at radius 3 is 2.74 bits per heavy atom. The Labute approximate surface area is 158 Å². The monoisotopic (exact) mass is 363 g/mol. The third-order valence-electron chi connectivity index (χ3n) is 4.66. The van der Waals surface area contributed by atoms with E-state index in [1.165, 1.54) is 0 Å².